The van der Waals surface area contributed by atoms with E-state index in [1.54, 1.807) is 0 Å². The normalized spacial score (nSPS) is 16.5. The summed E-state index contributed by atoms with van der Waals surface area (Å²) in [5.41, 5.74) is 5.31. The molecular weight excluding hydrogens is 264 g/mol. The number of nitrogens with one attached hydrogen (secondary N) is 1. The van der Waals surface area contributed by atoms with Crippen LogP contribution in [0.1, 0.15) is 35.2 Å². The number of aryl methyl sites for hydroxylation is 1. The Morgan fingerprint density at radius 3 is 2.43 bits per heavy atom. The summed E-state index contributed by atoms with van der Waals surface area (Å²) in [6.45, 7) is 2.72. The van der Waals surface area contributed by atoms with Crippen LogP contribution in [0.4, 0.5) is 5.69 Å². The SMILES string of the molecule is Cc1cc(C(=O)N(C)CC2(N(C)C)CCC2)ccc1NN. The number of hydrogen-bond donors (Lipinski definition) is 2. The number of nitrogen functional groups attached to an aromatic ring is 1. The number of carbonyl (C=O) groups excluding carboxylic acids is 1. The second kappa shape index (κ2) is 6.03. The minimum Gasteiger partial charge on any atom is -0.340 e. The lowest BCUT2D eigenvalue weighted by atomic mass is 9.75. The molecule has 0 spiro atoms. The lowest BCUT2D eigenvalue weighted by Gasteiger charge is -2.49. The maximum Gasteiger partial charge on any atom is 0.253 e. The molecule has 1 aliphatic carbocycles. The van der Waals surface area contributed by atoms with E-state index < -0.39 is 0 Å². The minimum atomic E-state index is 0.0646. The fraction of sp³-hybridized carbons (Fsp3) is 0.562. The van der Waals surface area contributed by atoms with Crippen molar-refractivity contribution in [3.63, 3.8) is 0 Å². The summed E-state index contributed by atoms with van der Waals surface area (Å²) < 4.78 is 0. The van der Waals surface area contributed by atoms with E-state index in [4.69, 9.17) is 5.84 Å². The Kier molecular flexibility index (Phi) is 4.54. The predicted molar refractivity (Wildman–Crippen MR) is 86.2 cm³/mol. The Labute approximate surface area is 127 Å². The van der Waals surface area contributed by atoms with Crippen molar-refractivity contribution in [3.8, 4) is 0 Å². The van der Waals surface area contributed by atoms with Crippen molar-refractivity contribution in [3.05, 3.63) is 29.3 Å². The molecule has 0 radical (unpaired) electrons. The van der Waals surface area contributed by atoms with E-state index in [2.05, 4.69) is 24.4 Å². The van der Waals surface area contributed by atoms with Crippen molar-refractivity contribution in [2.24, 2.45) is 5.84 Å². The monoisotopic (exact) mass is 290 g/mol. The number of nitrogens with zero attached hydrogens (tertiary/aromatic N) is 2. The number of benzene rings is 1. The smallest absolute Gasteiger partial charge is 0.253 e. The van der Waals surface area contributed by atoms with E-state index >= 15 is 0 Å². The van der Waals surface area contributed by atoms with Gasteiger partial charge in [0.2, 0.25) is 0 Å². The maximum atomic E-state index is 12.6. The van der Waals surface area contributed by atoms with Gasteiger partial charge in [-0.25, -0.2) is 0 Å². The van der Waals surface area contributed by atoms with Gasteiger partial charge in [-0.1, -0.05) is 0 Å². The van der Waals surface area contributed by atoms with Crippen molar-refractivity contribution in [1.82, 2.24) is 9.80 Å². The number of nitrogens with two attached hydrogens (primary N) is 1. The van der Waals surface area contributed by atoms with Crippen LogP contribution in [0.25, 0.3) is 0 Å². The van der Waals surface area contributed by atoms with E-state index in [9.17, 15) is 4.79 Å². The Bertz CT molecular complexity index is 523. The van der Waals surface area contributed by atoms with Gasteiger partial charge in [0.05, 0.1) is 5.69 Å². The predicted octanol–water partition coefficient (Wildman–Crippen LogP) is 1.84. The zero-order valence-electron chi connectivity index (χ0n) is 13.4. The highest BCUT2D eigenvalue weighted by molar-refractivity contribution is 5.94. The van der Waals surface area contributed by atoms with Gasteiger partial charge in [-0.3, -0.25) is 10.6 Å². The van der Waals surface area contributed by atoms with E-state index in [0.717, 1.165) is 30.6 Å². The summed E-state index contributed by atoms with van der Waals surface area (Å²) in [7, 11) is 6.09. The first-order valence-electron chi connectivity index (χ1n) is 7.40. The van der Waals surface area contributed by atoms with Crippen molar-refractivity contribution < 1.29 is 4.79 Å². The maximum absolute atomic E-state index is 12.6. The molecule has 5 nitrogen and oxygen atoms in total. The van der Waals surface area contributed by atoms with Gasteiger partial charge in [0.25, 0.3) is 5.91 Å². The molecule has 0 atom stereocenters. The van der Waals surface area contributed by atoms with E-state index in [0.29, 0.717) is 5.56 Å². The molecule has 5 heteroatoms. The molecule has 1 aromatic carbocycles. The molecule has 1 amide bonds. The number of likely N-dealkylation sites (N-methyl/N-ethyl adjacent to an activating group) is 2. The number of rotatable bonds is 5. The van der Waals surface area contributed by atoms with Crippen molar-refractivity contribution in [1.29, 1.82) is 0 Å². The molecule has 0 heterocycles. The number of hydrogen-bond acceptors (Lipinski definition) is 4. The van der Waals surface area contributed by atoms with Crippen LogP contribution in [0.2, 0.25) is 0 Å². The summed E-state index contributed by atoms with van der Waals surface area (Å²) in [6.07, 6.45) is 3.57. The van der Waals surface area contributed by atoms with Crippen LogP contribution in [0, 0.1) is 6.92 Å². The lowest BCUT2D eigenvalue weighted by Crippen LogP contribution is -2.57. The first kappa shape index (κ1) is 15.8. The fourth-order valence-electron chi connectivity index (χ4n) is 3.02. The zero-order valence-corrected chi connectivity index (χ0v) is 13.4. The minimum absolute atomic E-state index is 0.0646. The fourth-order valence-corrected chi connectivity index (χ4v) is 3.02. The Balaban J connectivity index is 2.10. The molecule has 3 N–H and O–H groups in total. The van der Waals surface area contributed by atoms with Gasteiger partial charge < -0.3 is 15.2 Å². The van der Waals surface area contributed by atoms with Gasteiger partial charge in [0.1, 0.15) is 0 Å². The molecule has 0 aromatic heterocycles. The zero-order chi connectivity index (χ0) is 15.6. The van der Waals surface area contributed by atoms with Crippen molar-refractivity contribution in [2.75, 3.05) is 33.1 Å². The number of anilines is 1. The topological polar surface area (TPSA) is 61.6 Å². The van der Waals surface area contributed by atoms with E-state index in [1.807, 2.05) is 37.1 Å². The third kappa shape index (κ3) is 3.04. The average Bonchev–Trinajstić information content (AvgIpc) is 2.41. The highest BCUT2D eigenvalue weighted by Crippen LogP contribution is 2.36. The highest BCUT2D eigenvalue weighted by Gasteiger charge is 2.40. The molecule has 0 saturated heterocycles. The Hall–Kier alpha value is -1.59. The summed E-state index contributed by atoms with van der Waals surface area (Å²) in [6, 6.07) is 5.56. The molecule has 1 saturated carbocycles. The first-order valence-corrected chi connectivity index (χ1v) is 7.40. The molecule has 1 aliphatic rings. The Morgan fingerprint density at radius 1 is 1.33 bits per heavy atom. The van der Waals surface area contributed by atoms with Crippen molar-refractivity contribution >= 4 is 11.6 Å². The molecule has 0 unspecified atom stereocenters. The summed E-state index contributed by atoms with van der Waals surface area (Å²) in [5.74, 6) is 5.49. The van der Waals surface area contributed by atoms with Crippen LogP contribution in [0.3, 0.4) is 0 Å². The largest absolute Gasteiger partial charge is 0.340 e. The highest BCUT2D eigenvalue weighted by atomic mass is 16.2. The molecular formula is C16H26N4O. The van der Waals surface area contributed by atoms with E-state index in [1.165, 1.54) is 6.42 Å². The van der Waals surface area contributed by atoms with Gasteiger partial charge in [0, 0.05) is 24.7 Å². The summed E-state index contributed by atoms with van der Waals surface area (Å²) in [4.78, 5) is 16.7. The first-order chi connectivity index (χ1) is 9.89. The molecule has 21 heavy (non-hydrogen) atoms. The molecule has 1 aromatic rings. The second-order valence-corrected chi connectivity index (χ2v) is 6.31. The number of hydrazine groups is 1. The third-order valence-electron chi connectivity index (χ3n) is 4.74. The van der Waals surface area contributed by atoms with Gasteiger partial charge in [-0.2, -0.15) is 0 Å². The molecule has 116 valence electrons. The van der Waals surface area contributed by atoms with Gasteiger partial charge in [-0.15, -0.1) is 0 Å². The van der Waals surface area contributed by atoms with E-state index in [-0.39, 0.29) is 11.4 Å². The Morgan fingerprint density at radius 2 is 2.00 bits per heavy atom. The van der Waals surface area contributed by atoms with Crippen LogP contribution in [0.5, 0.6) is 0 Å². The summed E-state index contributed by atoms with van der Waals surface area (Å²) in [5, 5.41) is 0. The van der Waals surface area contributed by atoms with Crippen LogP contribution in [-0.4, -0.2) is 48.9 Å². The second-order valence-electron chi connectivity index (χ2n) is 6.31. The van der Waals surface area contributed by atoms with Gasteiger partial charge in [-0.05, 0) is 64.0 Å². The number of carbonyl (C=O) groups is 1. The molecule has 2 rings (SSSR count). The van der Waals surface area contributed by atoms with Crippen LogP contribution < -0.4 is 11.3 Å². The molecule has 0 bridgehead atoms. The van der Waals surface area contributed by atoms with Crippen molar-refractivity contribution in [2.45, 2.75) is 31.7 Å². The van der Waals surface area contributed by atoms with Crippen LogP contribution >= 0.6 is 0 Å². The van der Waals surface area contributed by atoms with Gasteiger partial charge in [0.15, 0.2) is 0 Å². The average molecular weight is 290 g/mol. The molecule has 1 fully saturated rings. The lowest BCUT2D eigenvalue weighted by molar-refractivity contribution is 0.0252. The van der Waals surface area contributed by atoms with Crippen LogP contribution in [0.15, 0.2) is 18.2 Å². The third-order valence-corrected chi connectivity index (χ3v) is 4.74. The molecule has 0 aliphatic heterocycles. The van der Waals surface area contributed by atoms with Crippen LogP contribution in [-0.2, 0) is 0 Å². The van der Waals surface area contributed by atoms with Gasteiger partial charge >= 0.3 is 0 Å². The standard InChI is InChI=1S/C16H26N4O/c1-12-10-13(6-7-14(12)18-17)15(21)20(4)11-16(19(2)3)8-5-9-16/h6-7,10,18H,5,8-9,11,17H2,1-4H3. The quantitative estimate of drug-likeness (QED) is 0.641. The number of amides is 1. The summed E-state index contributed by atoms with van der Waals surface area (Å²) >= 11 is 0.